The fourth-order valence-electron chi connectivity index (χ4n) is 3.25. The van der Waals surface area contributed by atoms with Crippen LogP contribution >= 0.6 is 0 Å². The minimum absolute atomic E-state index is 0.273. The van der Waals surface area contributed by atoms with E-state index in [2.05, 4.69) is 19.2 Å². The van der Waals surface area contributed by atoms with E-state index in [1.54, 1.807) is 0 Å². The summed E-state index contributed by atoms with van der Waals surface area (Å²) in [5.41, 5.74) is 2.86. The van der Waals surface area contributed by atoms with E-state index in [4.69, 9.17) is 4.74 Å². The molecule has 0 bridgehead atoms. The van der Waals surface area contributed by atoms with E-state index in [0.717, 1.165) is 11.6 Å². The van der Waals surface area contributed by atoms with Gasteiger partial charge in [-0.25, -0.2) is 4.79 Å². The molecule has 0 unspecified atom stereocenters. The van der Waals surface area contributed by atoms with Gasteiger partial charge in [0.1, 0.15) is 0 Å². The van der Waals surface area contributed by atoms with Gasteiger partial charge < -0.3 is 10.1 Å². The SMILES string of the molecule is CCCC1CCC(Nc2cc(C(=O)OC)ccc2C)CC1. The van der Waals surface area contributed by atoms with E-state index < -0.39 is 0 Å². The third kappa shape index (κ3) is 4.23. The number of aryl methyl sites for hydroxylation is 1. The summed E-state index contributed by atoms with van der Waals surface area (Å²) in [6.45, 7) is 4.35. The van der Waals surface area contributed by atoms with Crippen molar-refractivity contribution in [3.05, 3.63) is 29.3 Å². The predicted octanol–water partition coefficient (Wildman–Crippen LogP) is 4.55. The minimum Gasteiger partial charge on any atom is -0.465 e. The highest BCUT2D eigenvalue weighted by atomic mass is 16.5. The second kappa shape index (κ2) is 7.48. The molecule has 1 saturated carbocycles. The van der Waals surface area contributed by atoms with Gasteiger partial charge in [-0.3, -0.25) is 0 Å². The molecule has 1 N–H and O–H groups in total. The van der Waals surface area contributed by atoms with Crippen LogP contribution in [0.5, 0.6) is 0 Å². The van der Waals surface area contributed by atoms with E-state index in [9.17, 15) is 4.79 Å². The first-order chi connectivity index (χ1) is 10.1. The monoisotopic (exact) mass is 289 g/mol. The zero-order valence-electron chi connectivity index (χ0n) is 13.4. The summed E-state index contributed by atoms with van der Waals surface area (Å²) in [6, 6.07) is 6.26. The van der Waals surface area contributed by atoms with E-state index in [-0.39, 0.29) is 5.97 Å². The van der Waals surface area contributed by atoms with Gasteiger partial charge in [0.25, 0.3) is 0 Å². The van der Waals surface area contributed by atoms with Crippen LogP contribution in [0.15, 0.2) is 18.2 Å². The number of benzene rings is 1. The van der Waals surface area contributed by atoms with E-state index in [1.807, 2.05) is 18.2 Å². The summed E-state index contributed by atoms with van der Waals surface area (Å²) < 4.78 is 4.80. The van der Waals surface area contributed by atoms with E-state index in [0.29, 0.717) is 11.6 Å². The molecule has 0 radical (unpaired) electrons. The highest BCUT2D eigenvalue weighted by molar-refractivity contribution is 5.90. The van der Waals surface area contributed by atoms with Crippen molar-refractivity contribution in [1.82, 2.24) is 0 Å². The Balaban J connectivity index is 1.98. The summed E-state index contributed by atoms with van der Waals surface area (Å²) in [5, 5.41) is 3.62. The molecule has 1 fully saturated rings. The maximum absolute atomic E-state index is 11.6. The predicted molar refractivity (Wildman–Crippen MR) is 86.8 cm³/mol. The van der Waals surface area contributed by atoms with Gasteiger partial charge in [0.2, 0.25) is 0 Å². The Hall–Kier alpha value is -1.51. The molecular weight excluding hydrogens is 262 g/mol. The lowest BCUT2D eigenvalue weighted by molar-refractivity contribution is 0.0601. The summed E-state index contributed by atoms with van der Waals surface area (Å²) >= 11 is 0. The van der Waals surface area contributed by atoms with Crippen LogP contribution in [0.3, 0.4) is 0 Å². The van der Waals surface area contributed by atoms with E-state index in [1.165, 1.54) is 51.2 Å². The minimum atomic E-state index is -0.273. The molecule has 0 saturated heterocycles. The van der Waals surface area contributed by atoms with Gasteiger partial charge in [0.15, 0.2) is 0 Å². The molecule has 116 valence electrons. The molecule has 0 aromatic heterocycles. The van der Waals surface area contributed by atoms with Crippen molar-refractivity contribution in [3.63, 3.8) is 0 Å². The highest BCUT2D eigenvalue weighted by Crippen LogP contribution is 2.30. The van der Waals surface area contributed by atoms with Crippen LogP contribution < -0.4 is 5.32 Å². The number of methoxy groups -OCH3 is 1. The van der Waals surface area contributed by atoms with Crippen molar-refractivity contribution in [2.45, 2.75) is 58.4 Å². The van der Waals surface area contributed by atoms with Crippen LogP contribution in [0.4, 0.5) is 5.69 Å². The van der Waals surface area contributed by atoms with Gasteiger partial charge in [-0.15, -0.1) is 0 Å². The lowest BCUT2D eigenvalue weighted by Crippen LogP contribution is -2.26. The molecule has 3 heteroatoms. The molecule has 3 nitrogen and oxygen atoms in total. The number of nitrogens with one attached hydrogen (secondary N) is 1. The molecule has 0 amide bonds. The Kier molecular flexibility index (Phi) is 5.66. The van der Waals surface area contributed by atoms with Crippen LogP contribution in [-0.2, 0) is 4.74 Å². The number of anilines is 1. The zero-order valence-corrected chi connectivity index (χ0v) is 13.4. The fraction of sp³-hybridized carbons (Fsp3) is 0.611. The molecule has 0 aliphatic heterocycles. The van der Waals surface area contributed by atoms with Gasteiger partial charge in [-0.1, -0.05) is 25.8 Å². The molecular formula is C18H27NO2. The van der Waals surface area contributed by atoms with Crippen molar-refractivity contribution in [2.75, 3.05) is 12.4 Å². The van der Waals surface area contributed by atoms with Gasteiger partial charge >= 0.3 is 5.97 Å². The molecule has 1 aliphatic carbocycles. The number of hydrogen-bond donors (Lipinski definition) is 1. The Labute approximate surface area is 128 Å². The number of hydrogen-bond acceptors (Lipinski definition) is 3. The van der Waals surface area contributed by atoms with Crippen molar-refractivity contribution in [1.29, 1.82) is 0 Å². The van der Waals surface area contributed by atoms with E-state index >= 15 is 0 Å². The average Bonchev–Trinajstić information content (AvgIpc) is 2.51. The molecule has 1 aromatic carbocycles. The summed E-state index contributed by atoms with van der Waals surface area (Å²) in [4.78, 5) is 11.6. The normalized spacial score (nSPS) is 21.9. The first-order valence-corrected chi connectivity index (χ1v) is 8.09. The smallest absolute Gasteiger partial charge is 0.337 e. The number of carbonyl (C=O) groups is 1. The molecule has 21 heavy (non-hydrogen) atoms. The number of ether oxygens (including phenoxy) is 1. The molecule has 0 heterocycles. The Morgan fingerprint density at radius 2 is 2.00 bits per heavy atom. The lowest BCUT2D eigenvalue weighted by atomic mass is 9.83. The van der Waals surface area contributed by atoms with Crippen LogP contribution in [0.2, 0.25) is 0 Å². The zero-order chi connectivity index (χ0) is 15.2. The quantitative estimate of drug-likeness (QED) is 0.808. The Morgan fingerprint density at radius 1 is 1.29 bits per heavy atom. The second-order valence-electron chi connectivity index (χ2n) is 6.17. The van der Waals surface area contributed by atoms with Crippen molar-refractivity contribution in [2.24, 2.45) is 5.92 Å². The van der Waals surface area contributed by atoms with Crippen LogP contribution in [0, 0.1) is 12.8 Å². The van der Waals surface area contributed by atoms with Crippen molar-refractivity contribution < 1.29 is 9.53 Å². The average molecular weight is 289 g/mol. The van der Waals surface area contributed by atoms with Gasteiger partial charge in [-0.05, 0) is 56.2 Å². The molecule has 1 aromatic rings. The van der Waals surface area contributed by atoms with Gasteiger partial charge in [-0.2, -0.15) is 0 Å². The van der Waals surface area contributed by atoms with Crippen molar-refractivity contribution >= 4 is 11.7 Å². The number of carbonyl (C=O) groups excluding carboxylic acids is 1. The standard InChI is InChI=1S/C18H27NO2/c1-4-5-14-7-10-16(11-8-14)19-17-12-15(18(20)21-3)9-6-13(17)2/h6,9,12,14,16,19H,4-5,7-8,10-11H2,1-3H3. The van der Waals surface area contributed by atoms with Gasteiger partial charge in [0.05, 0.1) is 12.7 Å². The highest BCUT2D eigenvalue weighted by Gasteiger charge is 2.21. The maximum atomic E-state index is 11.6. The van der Waals surface area contributed by atoms with Gasteiger partial charge in [0, 0.05) is 11.7 Å². The maximum Gasteiger partial charge on any atom is 0.337 e. The largest absolute Gasteiger partial charge is 0.465 e. The molecule has 1 aliphatic rings. The third-order valence-electron chi connectivity index (χ3n) is 4.56. The Morgan fingerprint density at radius 3 is 2.62 bits per heavy atom. The first kappa shape index (κ1) is 15.9. The molecule has 0 atom stereocenters. The second-order valence-corrected chi connectivity index (χ2v) is 6.17. The topological polar surface area (TPSA) is 38.3 Å². The Bertz CT molecular complexity index is 476. The molecule has 0 spiro atoms. The van der Waals surface area contributed by atoms with Crippen LogP contribution in [0.25, 0.3) is 0 Å². The number of rotatable bonds is 5. The fourth-order valence-corrected chi connectivity index (χ4v) is 3.25. The van der Waals surface area contributed by atoms with Crippen molar-refractivity contribution in [3.8, 4) is 0 Å². The summed E-state index contributed by atoms with van der Waals surface area (Å²) in [5.74, 6) is 0.639. The van der Waals surface area contributed by atoms with Crippen LogP contribution in [-0.4, -0.2) is 19.1 Å². The molecule has 2 rings (SSSR count). The first-order valence-electron chi connectivity index (χ1n) is 8.09. The third-order valence-corrected chi connectivity index (χ3v) is 4.56. The summed E-state index contributed by atoms with van der Waals surface area (Å²) in [6.07, 6.45) is 7.76. The van der Waals surface area contributed by atoms with Crippen LogP contribution in [0.1, 0.15) is 61.4 Å². The lowest BCUT2D eigenvalue weighted by Gasteiger charge is -2.30. The number of esters is 1. The summed E-state index contributed by atoms with van der Waals surface area (Å²) in [7, 11) is 1.42.